The molecule has 1 amide bonds. The van der Waals surface area contributed by atoms with Crippen molar-refractivity contribution in [2.45, 2.75) is 104 Å². The third kappa shape index (κ3) is 9.27. The van der Waals surface area contributed by atoms with Gasteiger partial charge in [0.1, 0.15) is 5.60 Å². The van der Waals surface area contributed by atoms with Gasteiger partial charge in [0.25, 0.3) is 0 Å². The van der Waals surface area contributed by atoms with Crippen LogP contribution in [0.1, 0.15) is 83.3 Å². The number of aryl methyl sites for hydroxylation is 2. The lowest BCUT2D eigenvalue weighted by atomic mass is 10.0. The number of piperidine rings is 2. The van der Waals surface area contributed by atoms with Gasteiger partial charge in [-0.2, -0.15) is 0 Å². The molecule has 0 saturated carbocycles. The summed E-state index contributed by atoms with van der Waals surface area (Å²) in [7, 11) is 4.48. The van der Waals surface area contributed by atoms with Crippen LogP contribution >= 0.6 is 0 Å². The Morgan fingerprint density at radius 2 is 1.13 bits per heavy atom. The Bertz CT molecular complexity index is 1300. The van der Waals surface area contributed by atoms with Gasteiger partial charge in [-0.15, -0.1) is 0 Å². The molecule has 4 heterocycles. The van der Waals surface area contributed by atoms with Gasteiger partial charge in [-0.3, -0.25) is 0 Å². The molecule has 4 saturated heterocycles. The minimum atomic E-state index is -0.433. The van der Waals surface area contributed by atoms with Crippen molar-refractivity contribution in [1.82, 2.24) is 10.2 Å². The molecule has 8 heteroatoms. The molecule has 4 aliphatic heterocycles. The van der Waals surface area contributed by atoms with Crippen molar-refractivity contribution in [3.05, 3.63) is 47.5 Å². The minimum Gasteiger partial charge on any atom is -0.444 e. The summed E-state index contributed by atoms with van der Waals surface area (Å²) in [4.78, 5) is 24.2. The Morgan fingerprint density at radius 3 is 1.55 bits per heavy atom. The molecule has 0 radical (unpaired) electrons. The first-order valence-corrected chi connectivity index (χ1v) is 18.4. The van der Waals surface area contributed by atoms with E-state index in [9.17, 15) is 4.79 Å². The molecule has 2 aromatic carbocycles. The van der Waals surface area contributed by atoms with E-state index >= 15 is 0 Å². The van der Waals surface area contributed by atoms with E-state index in [1.54, 1.807) is 0 Å². The summed E-state index contributed by atoms with van der Waals surface area (Å²) in [5.74, 6) is 0. The van der Waals surface area contributed by atoms with Crippen LogP contribution in [-0.4, -0.2) is 95.1 Å². The number of carbonyl (C=O) groups is 1. The van der Waals surface area contributed by atoms with Gasteiger partial charge in [-0.25, -0.2) is 4.79 Å². The third-order valence-electron chi connectivity index (χ3n) is 10.4. The van der Waals surface area contributed by atoms with Crippen LogP contribution in [-0.2, 0) is 4.74 Å². The standard InChI is InChI=1S/C22H35N3O2.C17H27N3/c1-17-8-9-19(20(16-17)24-12-6-7-13-24)23(5)18-10-14-25(15-11-18)21(26)27-22(2,3)4;1-14-5-6-16(17(13-14)20-11-3-4-12-20)19(2)15-7-9-18-10-8-15/h8-9,16,18H,6-7,10-15H2,1-5H3;5-6,13,15,18H,3-4,7-12H2,1-2H3. The molecule has 0 unspecified atom stereocenters. The van der Waals surface area contributed by atoms with Gasteiger partial charge in [0.2, 0.25) is 0 Å². The van der Waals surface area contributed by atoms with E-state index in [4.69, 9.17) is 4.74 Å². The zero-order chi connectivity index (χ0) is 33.6. The second-order valence-corrected chi connectivity index (χ2v) is 15.3. The van der Waals surface area contributed by atoms with Gasteiger partial charge in [0.15, 0.2) is 0 Å². The van der Waals surface area contributed by atoms with Crippen LogP contribution in [0.4, 0.5) is 27.5 Å². The number of ether oxygens (including phenoxy) is 1. The first-order valence-electron chi connectivity index (χ1n) is 18.4. The molecule has 4 fully saturated rings. The fraction of sp³-hybridized carbons (Fsp3) is 0.667. The molecule has 2 aromatic rings. The number of carbonyl (C=O) groups excluding carboxylic acids is 1. The first kappa shape index (κ1) is 35.2. The second kappa shape index (κ2) is 15.8. The molecule has 0 atom stereocenters. The Morgan fingerprint density at radius 1 is 0.702 bits per heavy atom. The quantitative estimate of drug-likeness (QED) is 0.356. The van der Waals surface area contributed by atoms with Crippen LogP contribution in [0.2, 0.25) is 0 Å². The van der Waals surface area contributed by atoms with E-state index < -0.39 is 5.60 Å². The largest absolute Gasteiger partial charge is 0.444 e. The van der Waals surface area contributed by atoms with Crippen LogP contribution in [0.5, 0.6) is 0 Å². The zero-order valence-corrected chi connectivity index (χ0v) is 30.5. The van der Waals surface area contributed by atoms with Crippen LogP contribution < -0.4 is 24.9 Å². The van der Waals surface area contributed by atoms with Crippen LogP contribution in [0.3, 0.4) is 0 Å². The summed E-state index contributed by atoms with van der Waals surface area (Å²) < 4.78 is 5.52. The summed E-state index contributed by atoms with van der Waals surface area (Å²) in [6.07, 6.45) is 9.52. The van der Waals surface area contributed by atoms with E-state index in [2.05, 4.69) is 89.3 Å². The highest BCUT2D eigenvalue weighted by atomic mass is 16.6. The summed E-state index contributed by atoms with van der Waals surface area (Å²) in [6, 6.07) is 14.9. The average molecular weight is 647 g/mol. The molecule has 47 heavy (non-hydrogen) atoms. The van der Waals surface area contributed by atoms with Crippen molar-refractivity contribution >= 4 is 28.8 Å². The van der Waals surface area contributed by atoms with Crippen molar-refractivity contribution < 1.29 is 9.53 Å². The number of rotatable bonds is 6. The smallest absolute Gasteiger partial charge is 0.410 e. The van der Waals surface area contributed by atoms with Crippen molar-refractivity contribution in [2.24, 2.45) is 0 Å². The Balaban J connectivity index is 0.000000193. The van der Waals surface area contributed by atoms with E-state index in [1.165, 1.54) is 85.5 Å². The topological polar surface area (TPSA) is 54.5 Å². The van der Waals surface area contributed by atoms with Gasteiger partial charge in [-0.05, 0) is 134 Å². The Kier molecular flexibility index (Phi) is 11.9. The Hall–Kier alpha value is -3.13. The number of likely N-dealkylation sites (tertiary alicyclic amines) is 1. The van der Waals surface area contributed by atoms with Crippen LogP contribution in [0.15, 0.2) is 36.4 Å². The predicted molar refractivity (Wildman–Crippen MR) is 199 cm³/mol. The van der Waals surface area contributed by atoms with E-state index in [1.807, 2.05) is 25.7 Å². The van der Waals surface area contributed by atoms with E-state index in [-0.39, 0.29) is 6.09 Å². The van der Waals surface area contributed by atoms with Crippen molar-refractivity contribution in [3.8, 4) is 0 Å². The summed E-state index contributed by atoms with van der Waals surface area (Å²) in [5.41, 5.74) is 7.80. The van der Waals surface area contributed by atoms with Gasteiger partial charge in [0.05, 0.1) is 22.7 Å². The average Bonchev–Trinajstić information content (AvgIpc) is 3.80. The van der Waals surface area contributed by atoms with Gasteiger partial charge >= 0.3 is 6.09 Å². The molecule has 0 aromatic heterocycles. The predicted octanol–water partition coefficient (Wildman–Crippen LogP) is 7.21. The van der Waals surface area contributed by atoms with Gasteiger partial charge < -0.3 is 34.6 Å². The monoisotopic (exact) mass is 646 g/mol. The number of amides is 1. The highest BCUT2D eigenvalue weighted by molar-refractivity contribution is 5.74. The lowest BCUT2D eigenvalue weighted by molar-refractivity contribution is 0.0205. The fourth-order valence-electron chi connectivity index (χ4n) is 7.64. The number of anilines is 4. The van der Waals surface area contributed by atoms with Gasteiger partial charge in [-0.1, -0.05) is 12.1 Å². The van der Waals surface area contributed by atoms with Crippen molar-refractivity contribution in [3.63, 3.8) is 0 Å². The molecule has 260 valence electrons. The first-order chi connectivity index (χ1) is 22.5. The molecular formula is C39H62N6O2. The molecule has 4 aliphatic rings. The highest BCUT2D eigenvalue weighted by Gasteiger charge is 2.30. The van der Waals surface area contributed by atoms with Crippen LogP contribution in [0.25, 0.3) is 0 Å². The number of nitrogens with zero attached hydrogens (tertiary/aromatic N) is 5. The summed E-state index contributed by atoms with van der Waals surface area (Å²) in [5, 5.41) is 3.46. The molecule has 0 bridgehead atoms. The maximum Gasteiger partial charge on any atom is 0.410 e. The maximum atomic E-state index is 12.3. The minimum absolute atomic E-state index is 0.184. The lowest BCUT2D eigenvalue weighted by Gasteiger charge is -2.39. The fourth-order valence-corrected chi connectivity index (χ4v) is 7.64. The molecule has 1 N–H and O–H groups in total. The maximum absolute atomic E-state index is 12.3. The van der Waals surface area contributed by atoms with Gasteiger partial charge in [0, 0.05) is 65.4 Å². The lowest BCUT2D eigenvalue weighted by Crippen LogP contribution is -2.47. The van der Waals surface area contributed by atoms with E-state index in [0.29, 0.717) is 12.1 Å². The van der Waals surface area contributed by atoms with Crippen LogP contribution in [0, 0.1) is 13.8 Å². The van der Waals surface area contributed by atoms with Crippen molar-refractivity contribution in [1.29, 1.82) is 0 Å². The third-order valence-corrected chi connectivity index (χ3v) is 10.4. The molecule has 8 nitrogen and oxygen atoms in total. The molecule has 0 spiro atoms. The number of nitrogens with one attached hydrogen (secondary N) is 1. The summed E-state index contributed by atoms with van der Waals surface area (Å²) >= 11 is 0. The zero-order valence-electron chi connectivity index (χ0n) is 30.5. The Labute approximate surface area is 285 Å². The molecular weight excluding hydrogens is 584 g/mol. The normalized spacial score (nSPS) is 19.4. The number of hydrogen-bond donors (Lipinski definition) is 1. The molecule has 0 aliphatic carbocycles. The number of benzene rings is 2. The summed E-state index contributed by atoms with van der Waals surface area (Å²) in [6.45, 7) is 18.7. The molecule has 6 rings (SSSR count). The van der Waals surface area contributed by atoms with Crippen molar-refractivity contribution in [2.75, 3.05) is 86.1 Å². The highest BCUT2D eigenvalue weighted by Crippen LogP contribution is 2.36. The van der Waals surface area contributed by atoms with E-state index in [0.717, 1.165) is 52.1 Å². The second-order valence-electron chi connectivity index (χ2n) is 15.3. The SMILES string of the molecule is Cc1ccc(N(C)C2CCN(C(=O)OC(C)(C)C)CC2)c(N2CCCC2)c1.Cc1ccc(N(C)C2CCNCC2)c(N2CCCC2)c1. The number of hydrogen-bond acceptors (Lipinski definition) is 7.